The quantitative estimate of drug-likeness (QED) is 0.381. The number of piperidine rings is 1. The number of alkyl halides is 1. The van der Waals surface area contributed by atoms with E-state index in [4.69, 9.17) is 16.3 Å². The summed E-state index contributed by atoms with van der Waals surface area (Å²) < 4.78 is 7.38. The number of aliphatic hydroxyl groups is 1. The molecule has 2 aliphatic heterocycles. The highest BCUT2D eigenvalue weighted by Crippen LogP contribution is 2.87. The molecule has 2 heterocycles. The van der Waals surface area contributed by atoms with Crippen LogP contribution in [0.15, 0.2) is 11.6 Å². The van der Waals surface area contributed by atoms with Gasteiger partial charge in [-0.05, 0) is 92.3 Å². The maximum Gasteiger partial charge on any atom is 0.0787 e. The number of halogens is 1. The molecule has 7 rings (SSSR count). The van der Waals surface area contributed by atoms with Gasteiger partial charge in [-0.1, -0.05) is 39.3 Å². The van der Waals surface area contributed by atoms with Gasteiger partial charge in [0, 0.05) is 36.3 Å². The maximum absolute atomic E-state index is 10.4. The first-order valence-electron chi connectivity index (χ1n) is 14.5. The molecule has 12 atom stereocenters. The fourth-order valence-electron chi connectivity index (χ4n) is 11.8. The van der Waals surface area contributed by atoms with Crippen molar-refractivity contribution >= 4 is 11.6 Å². The van der Waals surface area contributed by atoms with Crippen LogP contribution in [0.2, 0.25) is 0 Å². The number of rotatable bonds is 2. The van der Waals surface area contributed by atoms with E-state index in [-0.39, 0.29) is 11.7 Å². The van der Waals surface area contributed by atoms with Gasteiger partial charge in [-0.3, -0.25) is 4.90 Å². The van der Waals surface area contributed by atoms with Crippen molar-refractivity contribution in [3.8, 4) is 0 Å². The lowest BCUT2D eigenvalue weighted by molar-refractivity contribution is -0.148. The van der Waals surface area contributed by atoms with Crippen molar-refractivity contribution in [2.75, 3.05) is 19.0 Å². The van der Waals surface area contributed by atoms with Crippen LogP contribution in [0.5, 0.6) is 0 Å². The first kappa shape index (κ1) is 23.1. The molecule has 7 aliphatic rings. The van der Waals surface area contributed by atoms with E-state index in [2.05, 4.69) is 38.7 Å². The first-order chi connectivity index (χ1) is 16.2. The summed E-state index contributed by atoms with van der Waals surface area (Å²) in [6.45, 7) is 12.4. The standard InChI is InChI=1S/C30H46ClNO2/c1-18-13-25-26(32(16-18)12-11-31)19(2)30(34-25)10-8-23-22-6-5-20-14-21(33)7-9-27(20,3)24(22)15-29(23)17-28(29,30)4/h5,18-19,21-26,33H,6-17H2,1-4H3/t18?,19-,21?,22?,23+,24+,25-,26?,27?,28?,29?,30?/m1/s1. The highest BCUT2D eigenvalue weighted by molar-refractivity contribution is 6.18. The highest BCUT2D eigenvalue weighted by atomic mass is 35.5. The van der Waals surface area contributed by atoms with Crippen molar-refractivity contribution in [3.05, 3.63) is 11.6 Å². The van der Waals surface area contributed by atoms with Crippen LogP contribution in [0.1, 0.15) is 85.5 Å². The normalized spacial score (nSPS) is 60.1. The Kier molecular flexibility index (Phi) is 4.93. The van der Waals surface area contributed by atoms with Crippen molar-refractivity contribution in [1.29, 1.82) is 0 Å². The molecule has 5 aliphatic carbocycles. The smallest absolute Gasteiger partial charge is 0.0787 e. The van der Waals surface area contributed by atoms with Crippen LogP contribution in [-0.4, -0.2) is 52.8 Å². The molecule has 6 fully saturated rings. The second kappa shape index (κ2) is 7.27. The van der Waals surface area contributed by atoms with E-state index in [9.17, 15) is 5.11 Å². The Morgan fingerprint density at radius 2 is 2.00 bits per heavy atom. The number of allylic oxidation sites excluding steroid dienone is 1. The summed E-state index contributed by atoms with van der Waals surface area (Å²) in [7, 11) is 0. The SMILES string of the molecule is CC1C[C@H]2OC3(CC[C@H]4C5CC=C6CC(O)CCC6(C)[C@H]5CC45CC53C)[C@H](C)C2N(CCCl)C1. The van der Waals surface area contributed by atoms with Crippen LogP contribution in [0, 0.1) is 45.8 Å². The zero-order valence-electron chi connectivity index (χ0n) is 21.9. The molecule has 2 saturated heterocycles. The summed E-state index contributed by atoms with van der Waals surface area (Å²) in [4.78, 5) is 2.70. The van der Waals surface area contributed by atoms with Crippen molar-refractivity contribution < 1.29 is 9.84 Å². The minimum absolute atomic E-state index is 0.0564. The summed E-state index contributed by atoms with van der Waals surface area (Å²) in [6.07, 6.45) is 13.9. The lowest BCUT2D eigenvalue weighted by Gasteiger charge is -2.50. The van der Waals surface area contributed by atoms with Gasteiger partial charge in [0.2, 0.25) is 0 Å². The lowest BCUT2D eigenvalue weighted by atomic mass is 9.56. The van der Waals surface area contributed by atoms with Gasteiger partial charge in [-0.25, -0.2) is 0 Å². The number of aliphatic hydroxyl groups excluding tert-OH is 1. The predicted octanol–water partition coefficient (Wildman–Crippen LogP) is 6.03. The minimum atomic E-state index is -0.110. The Labute approximate surface area is 212 Å². The molecule has 4 saturated carbocycles. The van der Waals surface area contributed by atoms with Gasteiger partial charge < -0.3 is 9.84 Å². The van der Waals surface area contributed by atoms with E-state index in [1.807, 2.05) is 0 Å². The molecule has 1 N–H and O–H groups in total. The molecule has 0 bridgehead atoms. The molecule has 0 aromatic heterocycles. The number of hydrogen-bond donors (Lipinski definition) is 1. The summed E-state index contributed by atoms with van der Waals surface area (Å²) in [6, 6.07) is 0.551. The fourth-order valence-corrected chi connectivity index (χ4v) is 12.0. The summed E-state index contributed by atoms with van der Waals surface area (Å²) in [5, 5.41) is 10.4. The number of fused-ring (bicyclic) bond motifs is 6. The van der Waals surface area contributed by atoms with Gasteiger partial charge in [-0.2, -0.15) is 0 Å². The number of hydrogen-bond acceptors (Lipinski definition) is 3. The van der Waals surface area contributed by atoms with Crippen LogP contribution in [0.25, 0.3) is 0 Å². The molecule has 8 unspecified atom stereocenters. The molecule has 34 heavy (non-hydrogen) atoms. The average Bonchev–Trinajstić information content (AvgIpc) is 3.13. The van der Waals surface area contributed by atoms with Gasteiger partial charge in [0.25, 0.3) is 0 Å². The Balaban J connectivity index is 1.21. The Bertz CT molecular complexity index is 906. The van der Waals surface area contributed by atoms with E-state index < -0.39 is 0 Å². The molecule has 0 radical (unpaired) electrons. The summed E-state index contributed by atoms with van der Waals surface area (Å²) in [5.41, 5.74) is 2.81. The van der Waals surface area contributed by atoms with Crippen LogP contribution >= 0.6 is 11.6 Å². The van der Waals surface area contributed by atoms with E-state index in [1.54, 1.807) is 5.57 Å². The van der Waals surface area contributed by atoms with Crippen molar-refractivity contribution in [3.63, 3.8) is 0 Å². The molecule has 0 aromatic carbocycles. The van der Waals surface area contributed by atoms with Crippen LogP contribution in [0.3, 0.4) is 0 Å². The van der Waals surface area contributed by atoms with Gasteiger partial charge in [0.05, 0.1) is 17.8 Å². The topological polar surface area (TPSA) is 32.7 Å². The van der Waals surface area contributed by atoms with Crippen molar-refractivity contribution in [2.45, 2.75) is 109 Å². The first-order valence-corrected chi connectivity index (χ1v) is 15.1. The van der Waals surface area contributed by atoms with Gasteiger partial charge in [0.1, 0.15) is 0 Å². The largest absolute Gasteiger partial charge is 0.393 e. The third-order valence-corrected chi connectivity index (χ3v) is 13.5. The number of ether oxygens (including phenoxy) is 1. The van der Waals surface area contributed by atoms with Gasteiger partial charge in [0.15, 0.2) is 0 Å². The zero-order chi connectivity index (χ0) is 23.7. The van der Waals surface area contributed by atoms with Crippen LogP contribution in [-0.2, 0) is 4.74 Å². The maximum atomic E-state index is 10.4. The monoisotopic (exact) mass is 487 g/mol. The molecular weight excluding hydrogens is 442 g/mol. The van der Waals surface area contributed by atoms with Crippen LogP contribution < -0.4 is 0 Å². The Morgan fingerprint density at radius 1 is 1.18 bits per heavy atom. The molecule has 190 valence electrons. The van der Waals surface area contributed by atoms with Crippen molar-refractivity contribution in [1.82, 2.24) is 4.90 Å². The van der Waals surface area contributed by atoms with Gasteiger partial charge >= 0.3 is 0 Å². The van der Waals surface area contributed by atoms with Gasteiger partial charge in [-0.15, -0.1) is 11.6 Å². The predicted molar refractivity (Wildman–Crippen MR) is 137 cm³/mol. The average molecular weight is 488 g/mol. The van der Waals surface area contributed by atoms with E-state index in [1.165, 1.54) is 51.5 Å². The molecule has 0 amide bonds. The van der Waals surface area contributed by atoms with Crippen LogP contribution in [0.4, 0.5) is 0 Å². The molecule has 4 heteroatoms. The van der Waals surface area contributed by atoms with E-state index in [0.29, 0.717) is 40.2 Å². The molecule has 2 spiro atoms. The lowest BCUT2D eigenvalue weighted by Crippen LogP contribution is -2.54. The molecular formula is C30H46ClNO2. The molecule has 0 aromatic rings. The highest BCUT2D eigenvalue weighted by Gasteiger charge is 2.84. The number of nitrogens with zero attached hydrogens (tertiary/aromatic N) is 1. The third kappa shape index (κ3) is 2.62. The van der Waals surface area contributed by atoms with E-state index >= 15 is 0 Å². The fraction of sp³-hybridized carbons (Fsp3) is 0.933. The summed E-state index contributed by atoms with van der Waals surface area (Å²) in [5.74, 6) is 4.57. The van der Waals surface area contributed by atoms with E-state index in [0.717, 1.165) is 43.0 Å². The molecule has 3 nitrogen and oxygen atoms in total. The van der Waals surface area contributed by atoms with Crippen molar-refractivity contribution in [2.24, 2.45) is 45.8 Å². The second-order valence-electron chi connectivity index (χ2n) is 14.4. The third-order valence-electron chi connectivity index (χ3n) is 13.3. The number of likely N-dealkylation sites (tertiary alicyclic amines) is 1. The minimum Gasteiger partial charge on any atom is -0.393 e. The Morgan fingerprint density at radius 3 is 2.79 bits per heavy atom. The second-order valence-corrected chi connectivity index (χ2v) is 14.8. The summed E-state index contributed by atoms with van der Waals surface area (Å²) >= 11 is 6.28. The Hall–Kier alpha value is -0.0900. The zero-order valence-corrected chi connectivity index (χ0v) is 22.6.